The zero-order valence-electron chi connectivity index (χ0n) is 16.0. The molecule has 3 rings (SSSR count). The highest BCUT2D eigenvalue weighted by Gasteiger charge is 2.34. The number of para-hydroxylation sites is 1. The first-order chi connectivity index (χ1) is 13.7. The van der Waals surface area contributed by atoms with Crippen molar-refractivity contribution in [2.75, 3.05) is 11.1 Å². The number of rotatable bonds is 6. The molecule has 142 valence electrons. The van der Waals surface area contributed by atoms with Gasteiger partial charge in [-0.25, -0.2) is 0 Å². The SMILES string of the molecule is CCCSC1=C(C#N)C(c2ccccc2)C(C(=O)Nc2ccccc2)=C(C)N1. The number of hydrogen-bond acceptors (Lipinski definition) is 4. The van der Waals surface area contributed by atoms with Gasteiger partial charge in [-0.1, -0.05) is 55.5 Å². The average molecular weight is 390 g/mol. The number of anilines is 1. The van der Waals surface area contributed by atoms with Crippen molar-refractivity contribution < 1.29 is 4.79 Å². The first-order valence-electron chi connectivity index (χ1n) is 9.32. The minimum absolute atomic E-state index is 0.197. The van der Waals surface area contributed by atoms with Crippen LogP contribution in [0.5, 0.6) is 0 Å². The third-order valence-electron chi connectivity index (χ3n) is 4.51. The van der Waals surface area contributed by atoms with Crippen molar-refractivity contribution in [2.45, 2.75) is 26.2 Å². The van der Waals surface area contributed by atoms with E-state index in [0.29, 0.717) is 11.1 Å². The second-order valence-electron chi connectivity index (χ2n) is 6.53. The molecule has 1 aliphatic rings. The fourth-order valence-corrected chi connectivity index (χ4v) is 4.18. The van der Waals surface area contributed by atoms with E-state index in [1.54, 1.807) is 11.8 Å². The average Bonchev–Trinajstić information content (AvgIpc) is 2.72. The summed E-state index contributed by atoms with van der Waals surface area (Å²) in [5, 5.41) is 17.1. The summed E-state index contributed by atoms with van der Waals surface area (Å²) >= 11 is 1.63. The number of dihydropyridines is 1. The van der Waals surface area contributed by atoms with Crippen LogP contribution in [0.2, 0.25) is 0 Å². The normalized spacial score (nSPS) is 16.4. The van der Waals surface area contributed by atoms with Crippen molar-refractivity contribution in [2.24, 2.45) is 0 Å². The highest BCUT2D eigenvalue weighted by molar-refractivity contribution is 8.03. The van der Waals surface area contributed by atoms with E-state index >= 15 is 0 Å². The second kappa shape index (κ2) is 9.29. The summed E-state index contributed by atoms with van der Waals surface area (Å²) in [7, 11) is 0. The van der Waals surface area contributed by atoms with Crippen LogP contribution in [0.4, 0.5) is 5.69 Å². The summed E-state index contributed by atoms with van der Waals surface area (Å²) < 4.78 is 0. The molecule has 0 spiro atoms. The molecule has 2 aromatic carbocycles. The Morgan fingerprint density at radius 1 is 1.14 bits per heavy atom. The molecule has 1 aliphatic heterocycles. The third kappa shape index (κ3) is 4.29. The van der Waals surface area contributed by atoms with Gasteiger partial charge in [0.2, 0.25) is 0 Å². The molecule has 0 aromatic heterocycles. The molecule has 5 heteroatoms. The van der Waals surface area contributed by atoms with E-state index in [0.717, 1.165) is 34.2 Å². The standard InChI is InChI=1S/C23H23N3OS/c1-3-14-28-23-19(15-24)21(17-10-6-4-7-11-17)20(16(2)25-23)22(27)26-18-12-8-5-9-13-18/h4-13,21,25H,3,14H2,1-2H3,(H,26,27). The van der Waals surface area contributed by atoms with E-state index in [9.17, 15) is 10.1 Å². The maximum atomic E-state index is 13.2. The van der Waals surface area contributed by atoms with Crippen LogP contribution in [0, 0.1) is 11.3 Å². The first-order valence-corrected chi connectivity index (χ1v) is 10.3. The summed E-state index contributed by atoms with van der Waals surface area (Å²) in [6.45, 7) is 4.01. The molecular weight excluding hydrogens is 366 g/mol. The lowest BCUT2D eigenvalue weighted by atomic mass is 9.82. The van der Waals surface area contributed by atoms with Crippen molar-refractivity contribution in [3.8, 4) is 6.07 Å². The fourth-order valence-electron chi connectivity index (χ4n) is 3.23. The molecule has 0 radical (unpaired) electrons. The molecule has 2 N–H and O–H groups in total. The maximum Gasteiger partial charge on any atom is 0.254 e. The van der Waals surface area contributed by atoms with E-state index in [1.165, 1.54) is 0 Å². The van der Waals surface area contributed by atoms with Crippen molar-refractivity contribution in [1.29, 1.82) is 5.26 Å². The highest BCUT2D eigenvalue weighted by atomic mass is 32.2. The summed E-state index contributed by atoms with van der Waals surface area (Å²) in [5.74, 6) is 0.321. The second-order valence-corrected chi connectivity index (χ2v) is 7.64. The molecule has 1 unspecified atom stereocenters. The van der Waals surface area contributed by atoms with Gasteiger partial charge in [0.25, 0.3) is 5.91 Å². The maximum absolute atomic E-state index is 13.2. The predicted molar refractivity (Wildman–Crippen MR) is 115 cm³/mol. The summed E-state index contributed by atoms with van der Waals surface area (Å²) in [5.41, 5.74) is 3.61. The van der Waals surface area contributed by atoms with Gasteiger partial charge in [-0.15, -0.1) is 11.8 Å². The van der Waals surface area contributed by atoms with Crippen molar-refractivity contribution in [3.05, 3.63) is 88.1 Å². The van der Waals surface area contributed by atoms with Crippen molar-refractivity contribution in [3.63, 3.8) is 0 Å². The van der Waals surface area contributed by atoms with E-state index in [4.69, 9.17) is 0 Å². The molecule has 0 fully saturated rings. The van der Waals surface area contributed by atoms with Gasteiger partial charge in [0.05, 0.1) is 22.6 Å². The molecular formula is C23H23N3OS. The van der Waals surface area contributed by atoms with Crippen molar-refractivity contribution in [1.82, 2.24) is 5.32 Å². The van der Waals surface area contributed by atoms with E-state index in [1.807, 2.05) is 67.6 Å². The number of amides is 1. The molecule has 0 aliphatic carbocycles. The van der Waals surface area contributed by atoms with Crippen LogP contribution in [-0.4, -0.2) is 11.7 Å². The minimum Gasteiger partial charge on any atom is -0.353 e. The zero-order valence-corrected chi connectivity index (χ0v) is 16.8. The van der Waals surface area contributed by atoms with E-state index in [2.05, 4.69) is 23.6 Å². The minimum atomic E-state index is -0.393. The lowest BCUT2D eigenvalue weighted by Gasteiger charge is -2.30. The van der Waals surface area contributed by atoms with Gasteiger partial charge < -0.3 is 10.6 Å². The van der Waals surface area contributed by atoms with Gasteiger partial charge in [0.1, 0.15) is 0 Å². The van der Waals surface area contributed by atoms with Gasteiger partial charge in [-0.05, 0) is 36.8 Å². The Balaban J connectivity index is 2.04. The number of thioether (sulfide) groups is 1. The number of hydrogen-bond donors (Lipinski definition) is 2. The van der Waals surface area contributed by atoms with Crippen LogP contribution in [0.3, 0.4) is 0 Å². The number of carbonyl (C=O) groups excluding carboxylic acids is 1. The number of benzene rings is 2. The molecule has 1 heterocycles. The molecule has 4 nitrogen and oxygen atoms in total. The third-order valence-corrected chi connectivity index (χ3v) is 5.73. The highest BCUT2D eigenvalue weighted by Crippen LogP contribution is 2.40. The Kier molecular flexibility index (Phi) is 6.57. The molecule has 0 bridgehead atoms. The van der Waals surface area contributed by atoms with Gasteiger partial charge in [0.15, 0.2) is 0 Å². The zero-order chi connectivity index (χ0) is 19.9. The lowest BCUT2D eigenvalue weighted by molar-refractivity contribution is -0.113. The van der Waals surface area contributed by atoms with Gasteiger partial charge in [-0.3, -0.25) is 4.79 Å². The lowest BCUT2D eigenvalue weighted by Crippen LogP contribution is -2.30. The molecule has 1 amide bonds. The summed E-state index contributed by atoms with van der Waals surface area (Å²) in [6, 6.07) is 21.5. The van der Waals surface area contributed by atoms with Gasteiger partial charge >= 0.3 is 0 Å². The van der Waals surface area contributed by atoms with Crippen LogP contribution in [0.15, 0.2) is 82.5 Å². The molecule has 28 heavy (non-hydrogen) atoms. The van der Waals surface area contributed by atoms with Crippen molar-refractivity contribution >= 4 is 23.4 Å². The fraction of sp³-hybridized carbons (Fsp3) is 0.217. The number of nitrogens with one attached hydrogen (secondary N) is 2. The monoisotopic (exact) mass is 389 g/mol. The number of nitrogens with zero attached hydrogens (tertiary/aromatic N) is 1. The number of allylic oxidation sites excluding steroid dienone is 2. The summed E-state index contributed by atoms with van der Waals surface area (Å²) in [6.07, 6.45) is 1.01. The molecule has 2 aromatic rings. The molecule has 0 saturated heterocycles. The van der Waals surface area contributed by atoms with Gasteiger partial charge in [-0.2, -0.15) is 5.26 Å². The number of nitriles is 1. The Labute approximate surface area is 170 Å². The van der Waals surface area contributed by atoms with Gasteiger partial charge in [0, 0.05) is 17.0 Å². The molecule has 0 saturated carbocycles. The Hall–Kier alpha value is -2.97. The van der Waals surface area contributed by atoms with Crippen LogP contribution in [-0.2, 0) is 4.79 Å². The topological polar surface area (TPSA) is 64.9 Å². The van der Waals surface area contributed by atoms with Crippen LogP contribution in [0.25, 0.3) is 0 Å². The Morgan fingerprint density at radius 3 is 2.39 bits per heavy atom. The largest absolute Gasteiger partial charge is 0.353 e. The van der Waals surface area contributed by atoms with Crippen LogP contribution < -0.4 is 10.6 Å². The van der Waals surface area contributed by atoms with E-state index < -0.39 is 5.92 Å². The first kappa shape index (κ1) is 19.8. The quantitative estimate of drug-likeness (QED) is 0.716. The Morgan fingerprint density at radius 2 is 1.79 bits per heavy atom. The van der Waals surface area contributed by atoms with E-state index in [-0.39, 0.29) is 5.91 Å². The summed E-state index contributed by atoms with van der Waals surface area (Å²) in [4.78, 5) is 13.2. The molecule has 1 atom stereocenters. The number of carbonyl (C=O) groups is 1. The van der Waals surface area contributed by atoms with Crippen LogP contribution >= 0.6 is 11.8 Å². The Bertz CT molecular complexity index is 943. The smallest absolute Gasteiger partial charge is 0.254 e. The van der Waals surface area contributed by atoms with Crippen LogP contribution in [0.1, 0.15) is 31.7 Å². The predicted octanol–water partition coefficient (Wildman–Crippen LogP) is 5.16.